The maximum absolute atomic E-state index is 12.4. The van der Waals surface area contributed by atoms with Crippen molar-refractivity contribution in [3.05, 3.63) is 35.9 Å². The van der Waals surface area contributed by atoms with E-state index in [1.165, 1.54) is 0 Å². The van der Waals surface area contributed by atoms with E-state index in [0.717, 1.165) is 18.4 Å². The SMILES string of the molecule is CC(C)N(C(=O)OC(c1ccccc1)C1CC1)C(C)C. The zero-order chi connectivity index (χ0) is 14.7. The fraction of sp³-hybridized carbons (Fsp3) is 0.588. The average Bonchev–Trinajstić information content (AvgIpc) is 3.20. The Morgan fingerprint density at radius 1 is 1.10 bits per heavy atom. The molecule has 0 aromatic heterocycles. The number of carbonyl (C=O) groups is 1. The average molecular weight is 275 g/mol. The van der Waals surface area contributed by atoms with Gasteiger partial charge in [-0.1, -0.05) is 30.3 Å². The van der Waals surface area contributed by atoms with Crippen LogP contribution in [0.5, 0.6) is 0 Å². The fourth-order valence-electron chi connectivity index (χ4n) is 2.67. The topological polar surface area (TPSA) is 29.5 Å². The molecule has 1 unspecified atom stereocenters. The summed E-state index contributed by atoms with van der Waals surface area (Å²) in [4.78, 5) is 14.2. The van der Waals surface area contributed by atoms with E-state index in [9.17, 15) is 4.79 Å². The molecule has 2 rings (SSSR count). The van der Waals surface area contributed by atoms with Crippen molar-refractivity contribution in [1.82, 2.24) is 4.90 Å². The van der Waals surface area contributed by atoms with Crippen molar-refractivity contribution in [3.63, 3.8) is 0 Å². The second kappa shape index (κ2) is 6.29. The Morgan fingerprint density at radius 2 is 1.65 bits per heavy atom. The number of amides is 1. The minimum absolute atomic E-state index is 0.0938. The highest BCUT2D eigenvalue weighted by Gasteiger charge is 2.36. The summed E-state index contributed by atoms with van der Waals surface area (Å²) in [7, 11) is 0. The second-order valence-electron chi connectivity index (χ2n) is 6.15. The van der Waals surface area contributed by atoms with Crippen LogP contribution in [0, 0.1) is 5.92 Å². The van der Waals surface area contributed by atoms with Gasteiger partial charge in [0.15, 0.2) is 0 Å². The number of benzene rings is 1. The van der Waals surface area contributed by atoms with Crippen LogP contribution in [-0.2, 0) is 4.74 Å². The van der Waals surface area contributed by atoms with Gasteiger partial charge in [0.2, 0.25) is 0 Å². The van der Waals surface area contributed by atoms with Crippen LogP contribution in [0.3, 0.4) is 0 Å². The normalized spacial score (nSPS) is 16.3. The number of nitrogens with zero attached hydrogens (tertiary/aromatic N) is 1. The van der Waals surface area contributed by atoms with Gasteiger partial charge >= 0.3 is 6.09 Å². The first-order valence-electron chi connectivity index (χ1n) is 7.54. The molecule has 0 radical (unpaired) electrons. The molecule has 1 saturated carbocycles. The molecule has 1 fully saturated rings. The maximum Gasteiger partial charge on any atom is 0.410 e. The predicted octanol–water partition coefficient (Wildman–Crippen LogP) is 4.39. The van der Waals surface area contributed by atoms with Gasteiger partial charge in [0.05, 0.1) is 0 Å². The molecule has 0 bridgehead atoms. The van der Waals surface area contributed by atoms with Crippen LogP contribution < -0.4 is 0 Å². The van der Waals surface area contributed by atoms with E-state index in [-0.39, 0.29) is 24.3 Å². The van der Waals surface area contributed by atoms with Gasteiger partial charge in [-0.3, -0.25) is 0 Å². The van der Waals surface area contributed by atoms with E-state index in [0.29, 0.717) is 5.92 Å². The van der Waals surface area contributed by atoms with Crippen molar-refractivity contribution in [2.75, 3.05) is 0 Å². The van der Waals surface area contributed by atoms with Crippen molar-refractivity contribution < 1.29 is 9.53 Å². The van der Waals surface area contributed by atoms with Crippen molar-refractivity contribution in [1.29, 1.82) is 0 Å². The molecule has 0 spiro atoms. The Hall–Kier alpha value is -1.51. The molecule has 20 heavy (non-hydrogen) atoms. The lowest BCUT2D eigenvalue weighted by atomic mass is 10.1. The lowest BCUT2D eigenvalue weighted by Crippen LogP contribution is -2.43. The number of carbonyl (C=O) groups excluding carboxylic acids is 1. The maximum atomic E-state index is 12.4. The Balaban J connectivity index is 2.10. The summed E-state index contributed by atoms with van der Waals surface area (Å²) in [5, 5.41) is 0. The number of hydrogen-bond donors (Lipinski definition) is 0. The van der Waals surface area contributed by atoms with Crippen LogP contribution in [0.4, 0.5) is 4.79 Å². The Labute approximate surface area is 121 Å². The lowest BCUT2D eigenvalue weighted by molar-refractivity contribution is 0.0363. The third kappa shape index (κ3) is 3.53. The summed E-state index contributed by atoms with van der Waals surface area (Å²) in [5.74, 6) is 0.488. The van der Waals surface area contributed by atoms with Crippen LogP contribution in [0.2, 0.25) is 0 Å². The highest BCUT2D eigenvalue weighted by molar-refractivity contribution is 5.68. The molecule has 1 aromatic carbocycles. The van der Waals surface area contributed by atoms with Gasteiger partial charge in [-0.2, -0.15) is 0 Å². The summed E-state index contributed by atoms with van der Waals surface area (Å²) >= 11 is 0. The standard InChI is InChI=1S/C17H25NO2/c1-12(2)18(13(3)4)17(19)20-16(15-10-11-15)14-8-6-5-7-9-14/h5-9,12-13,15-16H,10-11H2,1-4H3. The molecular formula is C17H25NO2. The number of rotatable bonds is 5. The van der Waals surface area contributed by atoms with Crippen LogP contribution in [0.25, 0.3) is 0 Å². The highest BCUT2D eigenvalue weighted by Crippen LogP contribution is 2.43. The van der Waals surface area contributed by atoms with E-state index in [2.05, 4.69) is 0 Å². The minimum Gasteiger partial charge on any atom is -0.441 e. The molecule has 3 heteroatoms. The minimum atomic E-state index is -0.198. The second-order valence-corrected chi connectivity index (χ2v) is 6.15. The predicted molar refractivity (Wildman–Crippen MR) is 80.5 cm³/mol. The van der Waals surface area contributed by atoms with Crippen molar-refractivity contribution in [3.8, 4) is 0 Å². The van der Waals surface area contributed by atoms with Crippen LogP contribution in [0.1, 0.15) is 52.2 Å². The first kappa shape index (κ1) is 14.9. The quantitative estimate of drug-likeness (QED) is 0.797. The first-order chi connectivity index (χ1) is 9.50. The van der Waals surface area contributed by atoms with Crippen LogP contribution in [0.15, 0.2) is 30.3 Å². The monoisotopic (exact) mass is 275 g/mol. The third-order valence-electron chi connectivity index (χ3n) is 3.73. The molecule has 3 nitrogen and oxygen atoms in total. The summed E-state index contributed by atoms with van der Waals surface area (Å²) in [5.41, 5.74) is 1.11. The molecule has 0 aliphatic heterocycles. The zero-order valence-corrected chi connectivity index (χ0v) is 12.9. The zero-order valence-electron chi connectivity index (χ0n) is 12.9. The number of hydrogen-bond acceptors (Lipinski definition) is 2. The molecule has 1 atom stereocenters. The summed E-state index contributed by atoms with van der Waals surface area (Å²) in [6, 6.07) is 10.4. The van der Waals surface area contributed by atoms with Gasteiger partial charge in [-0.05, 0) is 46.1 Å². The molecule has 1 aromatic rings. The fourth-order valence-corrected chi connectivity index (χ4v) is 2.67. The summed E-state index contributed by atoms with van der Waals surface area (Å²) in [6.07, 6.45) is 2.01. The van der Waals surface area contributed by atoms with Gasteiger partial charge in [-0.25, -0.2) is 4.79 Å². The van der Waals surface area contributed by atoms with Gasteiger partial charge in [-0.15, -0.1) is 0 Å². The lowest BCUT2D eigenvalue weighted by Gasteiger charge is -2.31. The molecule has 1 aliphatic carbocycles. The molecule has 0 saturated heterocycles. The van der Waals surface area contributed by atoms with E-state index in [1.807, 2.05) is 58.0 Å². The molecule has 1 aliphatic rings. The Bertz CT molecular complexity index is 430. The van der Waals surface area contributed by atoms with Crippen LogP contribution >= 0.6 is 0 Å². The van der Waals surface area contributed by atoms with Gasteiger partial charge < -0.3 is 9.64 Å². The third-order valence-corrected chi connectivity index (χ3v) is 3.73. The molecule has 0 heterocycles. The smallest absolute Gasteiger partial charge is 0.410 e. The molecular weight excluding hydrogens is 250 g/mol. The van der Waals surface area contributed by atoms with E-state index < -0.39 is 0 Å². The van der Waals surface area contributed by atoms with E-state index >= 15 is 0 Å². The molecule has 110 valence electrons. The van der Waals surface area contributed by atoms with Gasteiger partial charge in [0.1, 0.15) is 6.10 Å². The van der Waals surface area contributed by atoms with Crippen molar-refractivity contribution in [2.45, 2.75) is 58.7 Å². The number of ether oxygens (including phenoxy) is 1. The largest absolute Gasteiger partial charge is 0.441 e. The van der Waals surface area contributed by atoms with Crippen molar-refractivity contribution in [2.24, 2.45) is 5.92 Å². The Kier molecular flexibility index (Phi) is 4.69. The highest BCUT2D eigenvalue weighted by atomic mass is 16.6. The summed E-state index contributed by atoms with van der Waals surface area (Å²) in [6.45, 7) is 8.09. The van der Waals surface area contributed by atoms with Crippen LogP contribution in [-0.4, -0.2) is 23.1 Å². The van der Waals surface area contributed by atoms with Gasteiger partial charge in [0.25, 0.3) is 0 Å². The Morgan fingerprint density at radius 3 is 2.10 bits per heavy atom. The molecule has 0 N–H and O–H groups in total. The molecule has 1 amide bonds. The van der Waals surface area contributed by atoms with E-state index in [1.54, 1.807) is 4.90 Å². The van der Waals surface area contributed by atoms with Crippen molar-refractivity contribution >= 4 is 6.09 Å². The van der Waals surface area contributed by atoms with Gasteiger partial charge in [0, 0.05) is 18.0 Å². The summed E-state index contributed by atoms with van der Waals surface area (Å²) < 4.78 is 5.83. The van der Waals surface area contributed by atoms with E-state index in [4.69, 9.17) is 4.74 Å². The first-order valence-corrected chi connectivity index (χ1v) is 7.54.